The van der Waals surface area contributed by atoms with Gasteiger partial charge in [0.2, 0.25) is 17.7 Å². The molecule has 12 nitrogen and oxygen atoms in total. The molecule has 0 saturated heterocycles. The van der Waals surface area contributed by atoms with Gasteiger partial charge in [-0.25, -0.2) is 4.79 Å². The lowest BCUT2D eigenvalue weighted by molar-refractivity contribution is -0.142. The van der Waals surface area contributed by atoms with Crippen LogP contribution < -0.4 is 21.7 Å². The molecule has 4 atom stereocenters. The molecule has 1 aromatic heterocycles. The predicted octanol–water partition coefficient (Wildman–Crippen LogP) is 1.34. The Morgan fingerprint density at radius 2 is 1.38 bits per heavy atom. The highest BCUT2D eigenvalue weighted by Crippen LogP contribution is 2.19. The highest BCUT2D eigenvalue weighted by atomic mass is 16.4. The fraction of sp³-hybridized carbons (Fsp3) is 0.367. The number of para-hydroxylation sites is 1. The van der Waals surface area contributed by atoms with Crippen LogP contribution in [0.25, 0.3) is 10.9 Å². The van der Waals surface area contributed by atoms with Crippen LogP contribution in [-0.4, -0.2) is 69.0 Å². The molecular formula is C30H37N5O7. The Morgan fingerprint density at radius 3 is 2.02 bits per heavy atom. The summed E-state index contributed by atoms with van der Waals surface area (Å²) >= 11 is 0. The van der Waals surface area contributed by atoms with Crippen LogP contribution >= 0.6 is 0 Å². The number of aliphatic carboxylic acids is 2. The number of benzene rings is 2. The number of nitrogens with two attached hydrogens (primary N) is 1. The van der Waals surface area contributed by atoms with Crippen molar-refractivity contribution in [3.63, 3.8) is 0 Å². The van der Waals surface area contributed by atoms with E-state index in [0.717, 1.165) is 10.9 Å². The zero-order valence-electron chi connectivity index (χ0n) is 23.5. The number of amides is 3. The number of aromatic nitrogens is 1. The Hall–Kier alpha value is -4.71. The van der Waals surface area contributed by atoms with E-state index in [4.69, 9.17) is 10.8 Å². The first kappa shape index (κ1) is 31.8. The van der Waals surface area contributed by atoms with E-state index in [1.54, 1.807) is 36.5 Å². The lowest BCUT2D eigenvalue weighted by Crippen LogP contribution is -2.58. The quantitative estimate of drug-likeness (QED) is 0.140. The third kappa shape index (κ3) is 9.16. The maximum absolute atomic E-state index is 13.6. The van der Waals surface area contributed by atoms with Crippen LogP contribution in [0.5, 0.6) is 0 Å². The van der Waals surface area contributed by atoms with Crippen molar-refractivity contribution in [3.8, 4) is 0 Å². The van der Waals surface area contributed by atoms with Gasteiger partial charge in [-0.15, -0.1) is 0 Å². The molecule has 4 unspecified atom stereocenters. The minimum atomic E-state index is -1.37. The molecule has 224 valence electrons. The number of carbonyl (C=O) groups is 5. The van der Waals surface area contributed by atoms with Gasteiger partial charge >= 0.3 is 11.9 Å². The van der Waals surface area contributed by atoms with Crippen molar-refractivity contribution in [2.75, 3.05) is 0 Å². The van der Waals surface area contributed by atoms with Crippen LogP contribution in [0.2, 0.25) is 0 Å². The molecule has 8 N–H and O–H groups in total. The summed E-state index contributed by atoms with van der Waals surface area (Å²) in [6.45, 7) is 3.67. The Kier molecular flexibility index (Phi) is 11.2. The van der Waals surface area contributed by atoms with Crippen LogP contribution in [0.3, 0.4) is 0 Å². The first-order valence-corrected chi connectivity index (χ1v) is 13.6. The summed E-state index contributed by atoms with van der Waals surface area (Å²) in [7, 11) is 0. The Morgan fingerprint density at radius 1 is 0.786 bits per heavy atom. The number of carboxylic acid groups (broad SMARTS) is 2. The van der Waals surface area contributed by atoms with Crippen molar-refractivity contribution in [2.24, 2.45) is 11.7 Å². The van der Waals surface area contributed by atoms with Crippen molar-refractivity contribution in [1.82, 2.24) is 20.9 Å². The highest BCUT2D eigenvalue weighted by Gasteiger charge is 2.31. The van der Waals surface area contributed by atoms with E-state index < -0.39 is 60.2 Å². The molecule has 3 rings (SSSR count). The summed E-state index contributed by atoms with van der Waals surface area (Å²) < 4.78 is 0. The molecule has 3 aromatic rings. The first-order valence-electron chi connectivity index (χ1n) is 13.6. The number of hydrogen-bond donors (Lipinski definition) is 7. The normalized spacial score (nSPS) is 14.0. The van der Waals surface area contributed by atoms with E-state index >= 15 is 0 Å². The average molecular weight is 580 g/mol. The van der Waals surface area contributed by atoms with Crippen molar-refractivity contribution in [1.29, 1.82) is 0 Å². The molecule has 1 heterocycles. The number of fused-ring (bicyclic) bond motifs is 1. The van der Waals surface area contributed by atoms with E-state index in [1.807, 2.05) is 38.1 Å². The van der Waals surface area contributed by atoms with Gasteiger partial charge in [-0.2, -0.15) is 0 Å². The molecule has 0 saturated carbocycles. The maximum Gasteiger partial charge on any atom is 0.326 e. The first-order chi connectivity index (χ1) is 19.9. The molecular weight excluding hydrogens is 542 g/mol. The van der Waals surface area contributed by atoms with Gasteiger partial charge < -0.3 is 36.9 Å². The summed E-state index contributed by atoms with van der Waals surface area (Å²) in [6, 6.07) is 11.3. The molecule has 3 amide bonds. The van der Waals surface area contributed by atoms with E-state index in [9.17, 15) is 29.1 Å². The van der Waals surface area contributed by atoms with Crippen molar-refractivity contribution in [3.05, 3.63) is 71.9 Å². The van der Waals surface area contributed by atoms with Crippen LogP contribution in [0.15, 0.2) is 60.8 Å². The molecule has 0 spiro atoms. The predicted molar refractivity (Wildman–Crippen MR) is 155 cm³/mol. The molecule has 2 aromatic carbocycles. The minimum absolute atomic E-state index is 0.0279. The van der Waals surface area contributed by atoms with E-state index in [-0.39, 0.29) is 25.2 Å². The standard InChI is InChI=1S/C30H37N5O7/c1-17(2)12-23(33-27(38)21(31)15-26(36)37)28(39)34-24(14-19-16-32-22-11-7-6-10-20(19)22)29(40)35-25(30(41)42)13-18-8-4-3-5-9-18/h3-11,16-17,21,23-25,32H,12-15,31H2,1-2H3,(H,33,38)(H,34,39)(H,35,40)(H,36,37)(H,41,42). The van der Waals surface area contributed by atoms with Gasteiger partial charge in [0, 0.05) is 29.9 Å². The second-order valence-electron chi connectivity index (χ2n) is 10.6. The Labute approximate surface area is 243 Å². The zero-order chi connectivity index (χ0) is 30.8. The number of carbonyl (C=O) groups excluding carboxylic acids is 3. The topological polar surface area (TPSA) is 204 Å². The van der Waals surface area contributed by atoms with Crippen molar-refractivity contribution in [2.45, 2.75) is 63.7 Å². The summed E-state index contributed by atoms with van der Waals surface area (Å²) in [5, 5.41) is 27.4. The average Bonchev–Trinajstić information content (AvgIpc) is 3.34. The number of nitrogens with one attached hydrogen (secondary N) is 4. The van der Waals surface area contributed by atoms with Gasteiger partial charge in [-0.05, 0) is 29.5 Å². The number of rotatable bonds is 15. The number of hydrogen-bond acceptors (Lipinski definition) is 6. The minimum Gasteiger partial charge on any atom is -0.481 e. The lowest BCUT2D eigenvalue weighted by Gasteiger charge is -2.26. The van der Waals surface area contributed by atoms with Crippen LogP contribution in [0, 0.1) is 5.92 Å². The zero-order valence-corrected chi connectivity index (χ0v) is 23.5. The van der Waals surface area contributed by atoms with Crippen LogP contribution in [-0.2, 0) is 36.8 Å². The molecule has 42 heavy (non-hydrogen) atoms. The SMILES string of the molecule is CC(C)CC(NC(=O)C(N)CC(=O)O)C(=O)NC(Cc1c[nH]c2ccccc12)C(=O)NC(Cc1ccccc1)C(=O)O. The number of carboxylic acids is 2. The van der Waals surface area contributed by atoms with Gasteiger partial charge in [0.25, 0.3) is 0 Å². The fourth-order valence-corrected chi connectivity index (χ4v) is 4.59. The Bertz CT molecular complexity index is 1410. The smallest absolute Gasteiger partial charge is 0.326 e. The van der Waals surface area contributed by atoms with E-state index in [2.05, 4.69) is 20.9 Å². The summed E-state index contributed by atoms with van der Waals surface area (Å²) in [5.74, 6) is -4.77. The molecule has 0 aliphatic carbocycles. The molecule has 0 bridgehead atoms. The molecule has 0 aliphatic rings. The number of aromatic amines is 1. The van der Waals surface area contributed by atoms with Crippen LogP contribution in [0.1, 0.15) is 37.8 Å². The third-order valence-corrected chi connectivity index (χ3v) is 6.70. The second-order valence-corrected chi connectivity index (χ2v) is 10.6. The highest BCUT2D eigenvalue weighted by molar-refractivity contribution is 5.95. The van der Waals surface area contributed by atoms with Gasteiger partial charge in [-0.1, -0.05) is 62.4 Å². The van der Waals surface area contributed by atoms with Crippen LogP contribution in [0.4, 0.5) is 0 Å². The van der Waals surface area contributed by atoms with E-state index in [1.165, 1.54) is 0 Å². The summed E-state index contributed by atoms with van der Waals surface area (Å²) in [6.07, 6.45) is 1.34. The molecule has 0 radical (unpaired) electrons. The maximum atomic E-state index is 13.6. The third-order valence-electron chi connectivity index (χ3n) is 6.70. The monoisotopic (exact) mass is 579 g/mol. The molecule has 0 fully saturated rings. The van der Waals surface area contributed by atoms with E-state index in [0.29, 0.717) is 11.1 Å². The Balaban J connectivity index is 1.86. The lowest BCUT2D eigenvalue weighted by atomic mass is 9.99. The van der Waals surface area contributed by atoms with Crippen molar-refractivity contribution < 1.29 is 34.2 Å². The van der Waals surface area contributed by atoms with Gasteiger partial charge in [0.1, 0.15) is 18.1 Å². The van der Waals surface area contributed by atoms with Gasteiger partial charge in [0.15, 0.2) is 0 Å². The number of H-pyrrole nitrogens is 1. The van der Waals surface area contributed by atoms with Crippen molar-refractivity contribution >= 4 is 40.6 Å². The largest absolute Gasteiger partial charge is 0.481 e. The fourth-order valence-electron chi connectivity index (χ4n) is 4.59. The molecule has 12 heteroatoms. The molecule has 0 aliphatic heterocycles. The van der Waals surface area contributed by atoms with Gasteiger partial charge in [-0.3, -0.25) is 19.2 Å². The second kappa shape index (κ2) is 14.8. The summed E-state index contributed by atoms with van der Waals surface area (Å²) in [5.41, 5.74) is 7.94. The van der Waals surface area contributed by atoms with Gasteiger partial charge in [0.05, 0.1) is 12.5 Å². The summed E-state index contributed by atoms with van der Waals surface area (Å²) in [4.78, 5) is 65.8.